The lowest BCUT2D eigenvalue weighted by atomic mass is 10.1. The zero-order chi connectivity index (χ0) is 20.8. The number of aryl methyl sites for hydroxylation is 1. The predicted molar refractivity (Wildman–Crippen MR) is 126 cm³/mol. The molecule has 4 rings (SSSR count). The van der Waals surface area contributed by atoms with E-state index in [4.69, 9.17) is 0 Å². The number of nitrogens with zero attached hydrogens (tertiary/aromatic N) is 1. The number of rotatable bonds is 7. The zero-order valence-electron chi connectivity index (χ0n) is 17.5. The molecule has 1 aliphatic rings. The molecule has 0 spiro atoms. The lowest BCUT2D eigenvalue weighted by Gasteiger charge is -2.30. The van der Waals surface area contributed by atoms with Gasteiger partial charge in [-0.15, -0.1) is 0 Å². The Morgan fingerprint density at radius 2 is 1.60 bits per heavy atom. The van der Waals surface area contributed by atoms with Gasteiger partial charge in [-0.2, -0.15) is 0 Å². The van der Waals surface area contributed by atoms with Crippen LogP contribution in [-0.4, -0.2) is 11.4 Å². The van der Waals surface area contributed by atoms with Gasteiger partial charge < -0.3 is 10.2 Å². The molecular formula is C26H28N4. The Morgan fingerprint density at radius 1 is 0.800 bits per heavy atom. The van der Waals surface area contributed by atoms with E-state index in [-0.39, 0.29) is 0 Å². The number of hydrazine groups is 1. The van der Waals surface area contributed by atoms with E-state index in [2.05, 4.69) is 126 Å². The summed E-state index contributed by atoms with van der Waals surface area (Å²) in [4.78, 5) is 2.31. The molecule has 0 saturated carbocycles. The maximum atomic E-state index is 3.47. The van der Waals surface area contributed by atoms with Crippen LogP contribution in [-0.2, 0) is 6.54 Å². The predicted octanol–water partition coefficient (Wildman–Crippen LogP) is 5.55. The van der Waals surface area contributed by atoms with Gasteiger partial charge in [0, 0.05) is 30.0 Å². The molecule has 4 heteroatoms. The number of benzene rings is 3. The molecule has 30 heavy (non-hydrogen) atoms. The monoisotopic (exact) mass is 396 g/mol. The van der Waals surface area contributed by atoms with Crippen LogP contribution in [0.3, 0.4) is 0 Å². The highest BCUT2D eigenvalue weighted by Gasteiger charge is 2.13. The van der Waals surface area contributed by atoms with Crippen LogP contribution >= 0.6 is 0 Å². The fourth-order valence-electron chi connectivity index (χ4n) is 3.47. The molecular weight excluding hydrogens is 368 g/mol. The summed E-state index contributed by atoms with van der Waals surface area (Å²) < 4.78 is 0. The van der Waals surface area contributed by atoms with Crippen LogP contribution in [0.5, 0.6) is 0 Å². The van der Waals surface area contributed by atoms with Gasteiger partial charge in [0.05, 0.1) is 5.70 Å². The largest absolute Gasteiger partial charge is 0.356 e. The Kier molecular flexibility index (Phi) is 6.04. The second-order valence-corrected chi connectivity index (χ2v) is 7.45. The van der Waals surface area contributed by atoms with Crippen LogP contribution < -0.4 is 16.2 Å². The van der Waals surface area contributed by atoms with Crippen LogP contribution in [0.25, 0.3) is 5.70 Å². The first-order chi connectivity index (χ1) is 14.7. The van der Waals surface area contributed by atoms with E-state index in [1.54, 1.807) is 0 Å². The fraction of sp³-hybridized carbons (Fsp3) is 0.154. The Balaban J connectivity index is 1.48. The van der Waals surface area contributed by atoms with Crippen molar-refractivity contribution in [3.8, 4) is 0 Å². The summed E-state index contributed by atoms with van der Waals surface area (Å²) in [6.07, 6.45) is 4.27. The second kappa shape index (κ2) is 9.23. The molecule has 0 atom stereocenters. The maximum absolute atomic E-state index is 3.47. The lowest BCUT2D eigenvalue weighted by Crippen LogP contribution is -2.40. The standard InChI is InChI=1S/C26H28N4/c1-3-30(19-21-8-5-4-6-9-21)26-17-16-25(28-29-26)22-10-7-11-24(18-22)27-23-14-12-20(2)13-15-23/h4-18,27-29H,3,19H2,1-2H3. The number of nitrogens with one attached hydrogen (secondary N) is 3. The molecule has 0 bridgehead atoms. The summed E-state index contributed by atoms with van der Waals surface area (Å²) in [5.74, 6) is 1.07. The van der Waals surface area contributed by atoms with E-state index in [1.807, 2.05) is 0 Å². The van der Waals surface area contributed by atoms with E-state index in [0.29, 0.717) is 0 Å². The third-order valence-corrected chi connectivity index (χ3v) is 5.19. The lowest BCUT2D eigenvalue weighted by molar-refractivity contribution is 0.320. The van der Waals surface area contributed by atoms with Crippen LogP contribution in [0.2, 0.25) is 0 Å². The van der Waals surface area contributed by atoms with Crippen molar-refractivity contribution in [1.82, 2.24) is 15.8 Å². The van der Waals surface area contributed by atoms with Crippen LogP contribution in [0.15, 0.2) is 96.8 Å². The van der Waals surface area contributed by atoms with E-state index < -0.39 is 0 Å². The average molecular weight is 397 g/mol. The molecule has 1 aliphatic heterocycles. The molecule has 0 saturated heterocycles. The van der Waals surface area contributed by atoms with Gasteiger partial charge in [-0.25, -0.2) is 0 Å². The average Bonchev–Trinajstić information content (AvgIpc) is 2.80. The highest BCUT2D eigenvalue weighted by Crippen LogP contribution is 2.22. The third kappa shape index (κ3) is 4.84. The summed E-state index contributed by atoms with van der Waals surface area (Å²) >= 11 is 0. The molecule has 4 nitrogen and oxygen atoms in total. The summed E-state index contributed by atoms with van der Waals surface area (Å²) in [6.45, 7) is 6.07. The molecule has 3 aromatic rings. The van der Waals surface area contributed by atoms with Gasteiger partial charge in [0.15, 0.2) is 0 Å². The van der Waals surface area contributed by atoms with Crippen LogP contribution in [0.1, 0.15) is 23.6 Å². The van der Waals surface area contributed by atoms with E-state index in [0.717, 1.165) is 41.5 Å². The topological polar surface area (TPSA) is 39.3 Å². The van der Waals surface area contributed by atoms with Crippen molar-refractivity contribution in [2.24, 2.45) is 0 Å². The minimum Gasteiger partial charge on any atom is -0.356 e. The van der Waals surface area contributed by atoms with Crippen molar-refractivity contribution in [2.75, 3.05) is 11.9 Å². The normalized spacial score (nSPS) is 12.9. The highest BCUT2D eigenvalue weighted by molar-refractivity contribution is 5.71. The van der Waals surface area contributed by atoms with Crippen molar-refractivity contribution in [1.29, 1.82) is 0 Å². The van der Waals surface area contributed by atoms with Gasteiger partial charge in [-0.1, -0.05) is 60.2 Å². The molecule has 0 fully saturated rings. The van der Waals surface area contributed by atoms with E-state index >= 15 is 0 Å². The van der Waals surface area contributed by atoms with Crippen LogP contribution in [0.4, 0.5) is 11.4 Å². The van der Waals surface area contributed by atoms with E-state index in [9.17, 15) is 0 Å². The molecule has 3 N–H and O–H groups in total. The van der Waals surface area contributed by atoms with Crippen LogP contribution in [0, 0.1) is 6.92 Å². The van der Waals surface area contributed by atoms with Gasteiger partial charge in [0.2, 0.25) is 0 Å². The van der Waals surface area contributed by atoms with Gasteiger partial charge in [-0.3, -0.25) is 10.9 Å². The Hall–Kier alpha value is -3.66. The minimum atomic E-state index is 0.872. The Labute approximate surface area is 178 Å². The first-order valence-corrected chi connectivity index (χ1v) is 10.4. The van der Waals surface area contributed by atoms with E-state index in [1.165, 1.54) is 11.1 Å². The fourth-order valence-corrected chi connectivity index (χ4v) is 3.47. The number of hydrogen-bond donors (Lipinski definition) is 3. The first-order valence-electron chi connectivity index (χ1n) is 10.4. The quantitative estimate of drug-likeness (QED) is 0.490. The molecule has 0 aliphatic carbocycles. The summed E-state index contributed by atoms with van der Waals surface area (Å²) in [6, 6.07) is 27.4. The van der Waals surface area contributed by atoms with Gasteiger partial charge in [0.1, 0.15) is 5.82 Å². The smallest absolute Gasteiger partial charge is 0.120 e. The van der Waals surface area contributed by atoms with Gasteiger partial charge >= 0.3 is 0 Å². The summed E-state index contributed by atoms with van der Waals surface area (Å²) in [5.41, 5.74) is 13.6. The SMILES string of the molecule is CCN(Cc1ccccc1)C1=CC=C(c2cccc(Nc3ccc(C)cc3)c2)NN1. The maximum Gasteiger partial charge on any atom is 0.120 e. The summed E-state index contributed by atoms with van der Waals surface area (Å²) in [5, 5.41) is 3.47. The van der Waals surface area contributed by atoms with Crippen molar-refractivity contribution in [2.45, 2.75) is 20.4 Å². The first kappa shape index (κ1) is 19.6. The van der Waals surface area contributed by atoms with Gasteiger partial charge in [-0.05, 0) is 55.8 Å². The molecule has 0 radical (unpaired) electrons. The van der Waals surface area contributed by atoms with Crippen molar-refractivity contribution in [3.05, 3.63) is 114 Å². The number of anilines is 2. The van der Waals surface area contributed by atoms with Crippen molar-refractivity contribution < 1.29 is 0 Å². The minimum absolute atomic E-state index is 0.872. The molecule has 0 unspecified atom stereocenters. The molecule has 0 amide bonds. The molecule has 1 heterocycles. The second-order valence-electron chi connectivity index (χ2n) is 7.45. The molecule has 3 aromatic carbocycles. The highest BCUT2D eigenvalue weighted by atomic mass is 15.4. The molecule has 0 aromatic heterocycles. The third-order valence-electron chi connectivity index (χ3n) is 5.19. The summed E-state index contributed by atoms with van der Waals surface area (Å²) in [7, 11) is 0. The zero-order valence-corrected chi connectivity index (χ0v) is 17.5. The number of allylic oxidation sites excluding steroid dienone is 2. The Morgan fingerprint density at radius 3 is 2.30 bits per heavy atom. The Bertz CT molecular complexity index is 1040. The molecule has 152 valence electrons. The van der Waals surface area contributed by atoms with Gasteiger partial charge in [0.25, 0.3) is 0 Å². The van der Waals surface area contributed by atoms with Crippen molar-refractivity contribution >= 4 is 17.1 Å². The number of hydrogen-bond acceptors (Lipinski definition) is 4. The van der Waals surface area contributed by atoms with Crippen molar-refractivity contribution in [3.63, 3.8) is 0 Å².